The highest BCUT2D eigenvalue weighted by Gasteiger charge is 2.56. The standard InChI is InChI=1S/2C24H28FN3O3/c2*1-3-5-16-8-11-19-22-21(23(30)26-12-15-6-9-17(25)10-7-15)18(14-29)20(27(22)4-2)13-28(19)24(16)31/h2*3,5-11,18,20-22,29H,4,12-14H2,1-2H3,(H,26,30)/b5-3+;5-3-/t2*18-,20-,21+,22+/m00/s1. The quantitative estimate of drug-likeness (QED) is 0.161. The van der Waals surface area contributed by atoms with E-state index in [9.17, 15) is 38.2 Å². The lowest BCUT2D eigenvalue weighted by Crippen LogP contribution is -2.46. The molecule has 0 unspecified atom stereocenters. The van der Waals surface area contributed by atoms with Gasteiger partial charge in [0.2, 0.25) is 11.8 Å². The van der Waals surface area contributed by atoms with Crippen LogP contribution in [0.15, 0.2) is 94.5 Å². The highest BCUT2D eigenvalue weighted by atomic mass is 19.1. The third kappa shape index (κ3) is 8.36. The number of rotatable bonds is 12. The van der Waals surface area contributed by atoms with E-state index in [2.05, 4.69) is 20.4 Å². The molecule has 62 heavy (non-hydrogen) atoms. The van der Waals surface area contributed by atoms with Crippen molar-refractivity contribution in [3.8, 4) is 0 Å². The van der Waals surface area contributed by atoms with E-state index in [1.54, 1.807) is 45.6 Å². The number of fused-ring (bicyclic) bond motifs is 8. The summed E-state index contributed by atoms with van der Waals surface area (Å²) in [5, 5.41) is 26.3. The van der Waals surface area contributed by atoms with Gasteiger partial charge in [0, 0.05) is 85.8 Å². The van der Waals surface area contributed by atoms with Gasteiger partial charge in [-0.15, -0.1) is 0 Å². The second-order valence-corrected chi connectivity index (χ2v) is 16.4. The molecule has 8 rings (SSSR count). The Morgan fingerprint density at radius 2 is 1.00 bits per heavy atom. The van der Waals surface area contributed by atoms with Crippen LogP contribution in [-0.4, -0.2) is 79.3 Å². The number of halogens is 2. The van der Waals surface area contributed by atoms with Gasteiger partial charge in [0.05, 0.1) is 23.9 Å². The number of allylic oxidation sites excluding steroid dienone is 2. The van der Waals surface area contributed by atoms with Crippen molar-refractivity contribution in [3.63, 3.8) is 0 Å². The number of carbonyl (C=O) groups is 2. The summed E-state index contributed by atoms with van der Waals surface area (Å²) in [4.78, 5) is 57.1. The molecule has 8 atom stereocenters. The molecule has 0 radical (unpaired) electrons. The SMILES string of the molecule is C/C=C/c1ccc2n(c1=O)C[C@H]1[C@H](CO)[C@@H](C(=O)NCc3ccc(F)cc3)[C@@H]2N1CC.C/C=C\c1ccc2n(c1=O)C[C@H]1[C@H](CO)[C@@H](C(=O)NCc3ccc(F)cc3)[C@@H]2N1CC. The Hall–Kier alpha value is -5.54. The van der Waals surface area contributed by atoms with E-state index < -0.39 is 11.8 Å². The molecule has 14 heteroatoms. The van der Waals surface area contributed by atoms with Gasteiger partial charge in [-0.1, -0.05) is 62.4 Å². The fourth-order valence-corrected chi connectivity index (χ4v) is 10.4. The summed E-state index contributed by atoms with van der Waals surface area (Å²) in [6.45, 7) is 10.5. The Morgan fingerprint density at radius 3 is 1.32 bits per heavy atom. The molecule has 2 saturated heterocycles. The summed E-state index contributed by atoms with van der Waals surface area (Å²) in [7, 11) is 0. The number of aliphatic hydroxyl groups is 2. The highest BCUT2D eigenvalue weighted by Crippen LogP contribution is 2.49. The van der Waals surface area contributed by atoms with Crippen molar-refractivity contribution in [2.45, 2.75) is 78.0 Å². The minimum atomic E-state index is -0.476. The topological polar surface area (TPSA) is 149 Å². The van der Waals surface area contributed by atoms with E-state index in [1.165, 1.54) is 24.3 Å². The zero-order valence-electron chi connectivity index (χ0n) is 35.6. The van der Waals surface area contributed by atoms with Crippen LogP contribution in [0.1, 0.15) is 73.4 Å². The van der Waals surface area contributed by atoms with E-state index in [0.717, 1.165) is 35.6 Å². The van der Waals surface area contributed by atoms with Gasteiger partial charge in [-0.05, 0) is 86.6 Å². The second-order valence-electron chi connectivity index (χ2n) is 16.4. The molecule has 0 spiro atoms. The molecule has 4 bridgehead atoms. The number of hydrogen-bond acceptors (Lipinski definition) is 8. The molecular formula is C48H56F2N6O6. The predicted molar refractivity (Wildman–Crippen MR) is 233 cm³/mol. The van der Waals surface area contributed by atoms with Gasteiger partial charge < -0.3 is 30.0 Å². The summed E-state index contributed by atoms with van der Waals surface area (Å²) in [5.74, 6) is -2.46. The number of likely N-dealkylation sites (N-methyl/N-ethyl adjacent to an activating group) is 2. The summed E-state index contributed by atoms with van der Waals surface area (Å²) in [6.07, 6.45) is 7.25. The smallest absolute Gasteiger partial charge is 0.258 e. The van der Waals surface area contributed by atoms with Crippen molar-refractivity contribution >= 4 is 24.0 Å². The van der Waals surface area contributed by atoms with Gasteiger partial charge in [-0.2, -0.15) is 0 Å². The van der Waals surface area contributed by atoms with Crippen LogP contribution in [0.25, 0.3) is 12.2 Å². The van der Waals surface area contributed by atoms with E-state index in [1.807, 2.05) is 64.1 Å². The van der Waals surface area contributed by atoms with Crippen molar-refractivity contribution < 1.29 is 28.6 Å². The number of amides is 2. The molecule has 4 aromatic rings. The molecule has 4 aliphatic rings. The first kappa shape index (κ1) is 44.5. The van der Waals surface area contributed by atoms with Gasteiger partial charge in [0.1, 0.15) is 11.6 Å². The minimum absolute atomic E-state index is 0.0644. The minimum Gasteiger partial charge on any atom is -0.396 e. The van der Waals surface area contributed by atoms with Crippen molar-refractivity contribution in [1.29, 1.82) is 0 Å². The van der Waals surface area contributed by atoms with Gasteiger partial charge in [0.15, 0.2) is 0 Å². The van der Waals surface area contributed by atoms with Crippen LogP contribution in [0, 0.1) is 35.3 Å². The Labute approximate surface area is 360 Å². The van der Waals surface area contributed by atoms with Gasteiger partial charge >= 0.3 is 0 Å². The maximum absolute atomic E-state index is 13.3. The molecule has 12 nitrogen and oxygen atoms in total. The van der Waals surface area contributed by atoms with E-state index in [4.69, 9.17) is 0 Å². The summed E-state index contributed by atoms with van der Waals surface area (Å²) in [5.41, 5.74) is 4.34. The Balaban J connectivity index is 0.000000186. The number of nitrogens with zero attached hydrogens (tertiary/aromatic N) is 4. The monoisotopic (exact) mass is 850 g/mol. The summed E-state index contributed by atoms with van der Waals surface area (Å²) in [6, 6.07) is 18.8. The van der Waals surface area contributed by atoms with Crippen molar-refractivity contribution in [3.05, 3.63) is 151 Å². The molecule has 2 aromatic heterocycles. The number of aromatic nitrogens is 2. The van der Waals surface area contributed by atoms with Crippen molar-refractivity contribution in [2.75, 3.05) is 26.3 Å². The Morgan fingerprint density at radius 1 is 0.629 bits per heavy atom. The van der Waals surface area contributed by atoms with Gasteiger partial charge in [-0.3, -0.25) is 29.0 Å². The van der Waals surface area contributed by atoms with Gasteiger partial charge in [-0.25, -0.2) is 8.78 Å². The Kier molecular flexibility index (Phi) is 13.8. The number of pyridine rings is 2. The van der Waals surface area contributed by atoms with Crippen LogP contribution in [0.4, 0.5) is 8.78 Å². The average Bonchev–Trinajstić information content (AvgIpc) is 3.65. The maximum Gasteiger partial charge on any atom is 0.258 e. The Bertz CT molecular complexity index is 2260. The average molecular weight is 851 g/mol. The molecular weight excluding hydrogens is 795 g/mol. The lowest BCUT2D eigenvalue weighted by molar-refractivity contribution is -0.128. The number of nitrogens with one attached hydrogen (secondary N) is 2. The zero-order valence-corrected chi connectivity index (χ0v) is 35.6. The first-order chi connectivity index (χ1) is 30.0. The van der Waals surface area contributed by atoms with Gasteiger partial charge in [0.25, 0.3) is 11.1 Å². The van der Waals surface area contributed by atoms with Crippen LogP contribution in [0.2, 0.25) is 0 Å². The molecule has 4 N–H and O–H groups in total. The largest absolute Gasteiger partial charge is 0.396 e. The van der Waals surface area contributed by atoms with Crippen molar-refractivity contribution in [1.82, 2.24) is 29.6 Å². The first-order valence-corrected chi connectivity index (χ1v) is 21.5. The van der Waals surface area contributed by atoms with Crippen molar-refractivity contribution in [2.24, 2.45) is 23.7 Å². The lowest BCUT2D eigenvalue weighted by Gasteiger charge is -2.37. The molecule has 2 aromatic carbocycles. The van der Waals surface area contributed by atoms with E-state index in [-0.39, 0.29) is 96.9 Å². The third-order valence-electron chi connectivity index (χ3n) is 13.2. The molecule has 2 amide bonds. The second kappa shape index (κ2) is 19.2. The highest BCUT2D eigenvalue weighted by molar-refractivity contribution is 5.81. The number of benzene rings is 2. The number of aliphatic hydroxyl groups excluding tert-OH is 2. The molecule has 4 aliphatic heterocycles. The normalized spacial score (nSPS) is 25.0. The molecule has 328 valence electrons. The first-order valence-electron chi connectivity index (χ1n) is 21.5. The van der Waals surface area contributed by atoms with Crippen LogP contribution in [-0.2, 0) is 35.8 Å². The molecule has 0 aliphatic carbocycles. The molecule has 2 fully saturated rings. The zero-order chi connectivity index (χ0) is 44.2. The number of hydrogen-bond donors (Lipinski definition) is 4. The lowest BCUT2D eigenvalue weighted by atomic mass is 9.86. The van der Waals surface area contributed by atoms with Crippen LogP contribution in [0.5, 0.6) is 0 Å². The van der Waals surface area contributed by atoms with Crippen LogP contribution in [0.3, 0.4) is 0 Å². The van der Waals surface area contributed by atoms with Crippen LogP contribution < -0.4 is 21.8 Å². The fraction of sp³-hybridized carbons (Fsp3) is 0.417. The predicted octanol–water partition coefficient (Wildman–Crippen LogP) is 4.64. The van der Waals surface area contributed by atoms with E-state index >= 15 is 0 Å². The summed E-state index contributed by atoms with van der Waals surface area (Å²) >= 11 is 0. The molecule has 6 heterocycles. The summed E-state index contributed by atoms with van der Waals surface area (Å²) < 4.78 is 29.9. The van der Waals surface area contributed by atoms with E-state index in [0.29, 0.717) is 24.2 Å². The molecule has 0 saturated carbocycles. The number of carbonyl (C=O) groups excluding carboxylic acids is 2. The third-order valence-corrected chi connectivity index (χ3v) is 13.2. The maximum atomic E-state index is 13.3. The fourth-order valence-electron chi connectivity index (χ4n) is 10.4. The van der Waals surface area contributed by atoms with Crippen LogP contribution >= 0.6 is 0 Å².